The highest BCUT2D eigenvalue weighted by molar-refractivity contribution is 7.08. The first-order valence-electron chi connectivity index (χ1n) is 13.3. The summed E-state index contributed by atoms with van der Waals surface area (Å²) in [6.07, 6.45) is 11.9. The lowest BCUT2D eigenvalue weighted by Gasteiger charge is -2.20. The van der Waals surface area contributed by atoms with Crippen molar-refractivity contribution in [3.8, 4) is 33.8 Å². The van der Waals surface area contributed by atoms with Crippen molar-refractivity contribution in [2.75, 3.05) is 5.32 Å². The highest BCUT2D eigenvalue weighted by Crippen LogP contribution is 2.34. The first kappa shape index (κ1) is 23.7. The molecule has 0 aliphatic heterocycles. The van der Waals surface area contributed by atoms with Gasteiger partial charge in [-0.15, -0.1) is 0 Å². The van der Waals surface area contributed by atoms with Gasteiger partial charge in [0.1, 0.15) is 16.9 Å². The number of pyridine rings is 3. The molecule has 6 aromatic heterocycles. The molecule has 0 bridgehead atoms. The Morgan fingerprint density at radius 1 is 1.05 bits per heavy atom. The van der Waals surface area contributed by atoms with Gasteiger partial charge >= 0.3 is 0 Å². The van der Waals surface area contributed by atoms with Crippen LogP contribution in [-0.4, -0.2) is 36.0 Å². The summed E-state index contributed by atoms with van der Waals surface area (Å²) < 4.78 is 0. The Hall–Kier alpha value is -4.37. The van der Waals surface area contributed by atoms with Crippen LogP contribution >= 0.6 is 11.3 Å². The molecule has 1 fully saturated rings. The van der Waals surface area contributed by atoms with E-state index in [1.54, 1.807) is 23.7 Å². The minimum atomic E-state index is 0.0515. The number of nitrogens with one attached hydrogen (secondary N) is 3. The van der Waals surface area contributed by atoms with Crippen molar-refractivity contribution in [1.29, 1.82) is 0 Å². The second-order valence-corrected chi connectivity index (χ2v) is 11.0. The van der Waals surface area contributed by atoms with Gasteiger partial charge in [-0.1, -0.05) is 19.3 Å². The Kier molecular flexibility index (Phi) is 6.13. The molecule has 9 heteroatoms. The highest BCUT2D eigenvalue weighted by atomic mass is 32.1. The van der Waals surface area contributed by atoms with Gasteiger partial charge in [0, 0.05) is 29.8 Å². The summed E-state index contributed by atoms with van der Waals surface area (Å²) >= 11 is 1.67. The normalized spacial score (nSPS) is 14.3. The van der Waals surface area contributed by atoms with Crippen molar-refractivity contribution in [3.05, 3.63) is 65.7 Å². The Bertz CT molecular complexity index is 1780. The molecule has 39 heavy (non-hydrogen) atoms. The van der Waals surface area contributed by atoms with Crippen LogP contribution in [0.3, 0.4) is 0 Å². The second kappa shape index (κ2) is 10.1. The van der Waals surface area contributed by atoms with Crippen LogP contribution in [0.1, 0.15) is 38.5 Å². The Labute approximate surface area is 228 Å². The molecule has 1 amide bonds. The van der Waals surface area contributed by atoms with Crippen LogP contribution in [0.4, 0.5) is 5.69 Å². The largest absolute Gasteiger partial charge is 0.338 e. The lowest BCUT2D eigenvalue weighted by atomic mass is 9.87. The van der Waals surface area contributed by atoms with Crippen molar-refractivity contribution >= 4 is 45.0 Å². The molecule has 8 nitrogen and oxygen atoms in total. The maximum Gasteiger partial charge on any atom is 0.224 e. The van der Waals surface area contributed by atoms with Crippen molar-refractivity contribution in [3.63, 3.8) is 0 Å². The van der Waals surface area contributed by atoms with Crippen LogP contribution in [0.15, 0.2) is 65.7 Å². The SMILES string of the molecule is O=C(CC1CCCCC1)Nc1cncc(-c2ccc3[nH]nc(-c4cc5c(-c6ccsc6)ccnc5[nH]4)c3n2)c1. The van der Waals surface area contributed by atoms with Gasteiger partial charge in [-0.05, 0) is 77.0 Å². The molecule has 1 aliphatic rings. The predicted molar refractivity (Wildman–Crippen MR) is 155 cm³/mol. The average Bonchev–Trinajstić information content (AvgIpc) is 3.73. The first-order chi connectivity index (χ1) is 19.2. The topological polar surface area (TPSA) is 112 Å². The minimum Gasteiger partial charge on any atom is -0.338 e. The lowest BCUT2D eigenvalue weighted by Crippen LogP contribution is -2.18. The third-order valence-corrected chi connectivity index (χ3v) is 8.23. The van der Waals surface area contributed by atoms with E-state index >= 15 is 0 Å². The molecule has 7 rings (SSSR count). The van der Waals surface area contributed by atoms with Crippen LogP contribution in [0.25, 0.3) is 55.8 Å². The van der Waals surface area contributed by atoms with Gasteiger partial charge in [-0.3, -0.25) is 14.9 Å². The fraction of sp³-hybridized carbons (Fsp3) is 0.233. The van der Waals surface area contributed by atoms with Gasteiger partial charge in [-0.25, -0.2) is 9.97 Å². The number of hydrogen-bond acceptors (Lipinski definition) is 6. The Morgan fingerprint density at radius 2 is 1.97 bits per heavy atom. The summed E-state index contributed by atoms with van der Waals surface area (Å²) in [5, 5.41) is 16.0. The number of aromatic amines is 2. The van der Waals surface area contributed by atoms with E-state index in [0.717, 1.165) is 63.1 Å². The van der Waals surface area contributed by atoms with Crippen molar-refractivity contribution in [2.24, 2.45) is 5.92 Å². The summed E-state index contributed by atoms with van der Waals surface area (Å²) in [6, 6.07) is 12.1. The number of thiophene rings is 1. The summed E-state index contributed by atoms with van der Waals surface area (Å²) in [4.78, 5) is 30.0. The number of H-pyrrole nitrogens is 2. The van der Waals surface area contributed by atoms with Crippen molar-refractivity contribution in [1.82, 2.24) is 30.1 Å². The van der Waals surface area contributed by atoms with E-state index in [9.17, 15) is 4.79 Å². The van der Waals surface area contributed by atoms with E-state index in [1.807, 2.05) is 30.5 Å². The van der Waals surface area contributed by atoms with E-state index in [4.69, 9.17) is 4.98 Å². The number of aromatic nitrogens is 6. The molecule has 194 valence electrons. The van der Waals surface area contributed by atoms with Crippen molar-refractivity contribution in [2.45, 2.75) is 38.5 Å². The van der Waals surface area contributed by atoms with Crippen LogP contribution < -0.4 is 5.32 Å². The van der Waals surface area contributed by atoms with Crippen molar-refractivity contribution < 1.29 is 4.79 Å². The maximum atomic E-state index is 12.7. The van der Waals surface area contributed by atoms with Gasteiger partial charge in [0.15, 0.2) is 0 Å². The summed E-state index contributed by atoms with van der Waals surface area (Å²) in [5.41, 5.74) is 8.54. The quantitative estimate of drug-likeness (QED) is 0.210. The number of amides is 1. The van der Waals surface area contributed by atoms with E-state index in [-0.39, 0.29) is 5.91 Å². The molecule has 3 N–H and O–H groups in total. The number of carbonyl (C=O) groups excluding carboxylic acids is 1. The maximum absolute atomic E-state index is 12.7. The Balaban J connectivity index is 1.19. The van der Waals surface area contributed by atoms with Crippen LogP contribution in [0.5, 0.6) is 0 Å². The van der Waals surface area contributed by atoms with E-state index in [2.05, 4.69) is 53.4 Å². The monoisotopic (exact) mass is 533 g/mol. The van der Waals surface area contributed by atoms with E-state index in [0.29, 0.717) is 18.0 Å². The molecule has 0 spiro atoms. The molecular weight excluding hydrogens is 506 g/mol. The second-order valence-electron chi connectivity index (χ2n) is 10.2. The number of rotatable bonds is 6. The Morgan fingerprint density at radius 3 is 2.85 bits per heavy atom. The van der Waals surface area contributed by atoms with Gasteiger partial charge in [0.05, 0.1) is 28.8 Å². The molecule has 6 aromatic rings. The molecule has 1 saturated carbocycles. The van der Waals surface area contributed by atoms with Gasteiger partial charge < -0.3 is 10.3 Å². The molecule has 0 unspecified atom stereocenters. The third kappa shape index (κ3) is 4.70. The first-order valence-corrected chi connectivity index (χ1v) is 14.3. The smallest absolute Gasteiger partial charge is 0.224 e. The van der Waals surface area contributed by atoms with Gasteiger partial charge in [0.2, 0.25) is 5.91 Å². The summed E-state index contributed by atoms with van der Waals surface area (Å²) in [5.74, 6) is 0.537. The zero-order valence-corrected chi connectivity index (χ0v) is 22.1. The van der Waals surface area contributed by atoms with Gasteiger partial charge in [0.25, 0.3) is 0 Å². The number of fused-ring (bicyclic) bond motifs is 2. The number of anilines is 1. The predicted octanol–water partition coefficient (Wildman–Crippen LogP) is 7.20. The molecular formula is C30H27N7OS. The summed E-state index contributed by atoms with van der Waals surface area (Å²) in [7, 11) is 0. The number of hydrogen-bond donors (Lipinski definition) is 3. The van der Waals surface area contributed by atoms with Gasteiger partial charge in [-0.2, -0.15) is 16.4 Å². The standard InChI is InChI=1S/C30H27N7OS/c38-27(12-18-4-2-1-3-5-18)33-21-13-20(15-31-16-21)24-6-7-25-28(34-24)29(37-36-25)26-14-23-22(19-9-11-39-17-19)8-10-32-30(23)35-26/h6-11,13-18H,1-5,12H2,(H,32,35)(H,33,38)(H,36,37). The molecule has 0 atom stereocenters. The van der Waals surface area contributed by atoms with Crippen LogP contribution in [0.2, 0.25) is 0 Å². The fourth-order valence-corrected chi connectivity index (χ4v) is 6.24. The van der Waals surface area contributed by atoms with Crippen LogP contribution in [-0.2, 0) is 4.79 Å². The third-order valence-electron chi connectivity index (χ3n) is 7.54. The average molecular weight is 534 g/mol. The molecule has 0 radical (unpaired) electrons. The summed E-state index contributed by atoms with van der Waals surface area (Å²) in [6.45, 7) is 0. The van der Waals surface area contributed by atoms with E-state index in [1.165, 1.54) is 24.8 Å². The van der Waals surface area contributed by atoms with Crippen LogP contribution in [0, 0.1) is 5.92 Å². The lowest BCUT2D eigenvalue weighted by molar-refractivity contribution is -0.117. The number of carbonyl (C=O) groups is 1. The number of nitrogens with zero attached hydrogens (tertiary/aromatic N) is 4. The zero-order valence-electron chi connectivity index (χ0n) is 21.3. The fourth-order valence-electron chi connectivity index (χ4n) is 5.59. The molecule has 0 saturated heterocycles. The molecule has 6 heterocycles. The van der Waals surface area contributed by atoms with E-state index < -0.39 is 0 Å². The molecule has 1 aliphatic carbocycles. The zero-order chi connectivity index (χ0) is 26.2. The minimum absolute atomic E-state index is 0.0515. The molecule has 0 aromatic carbocycles. The highest BCUT2D eigenvalue weighted by Gasteiger charge is 2.18.